The third kappa shape index (κ3) is 2.12. The van der Waals surface area contributed by atoms with Crippen molar-refractivity contribution in [3.05, 3.63) is 0 Å². The molecule has 0 aromatic rings. The molecule has 1 aliphatic carbocycles. The first kappa shape index (κ1) is 10.8. The molecular weight excluding hydrogens is 214 g/mol. The number of amides is 1. The summed E-state index contributed by atoms with van der Waals surface area (Å²) in [6.07, 6.45) is 4.18. The highest BCUT2D eigenvalue weighted by molar-refractivity contribution is 8.00. The number of aliphatic carboxylic acids is 1. The van der Waals surface area contributed by atoms with E-state index in [1.54, 1.807) is 4.90 Å². The second-order valence-electron chi connectivity index (χ2n) is 4.11. The Morgan fingerprint density at radius 2 is 2.07 bits per heavy atom. The lowest BCUT2D eigenvalue weighted by Gasteiger charge is -2.37. The minimum absolute atomic E-state index is 0.00514. The zero-order chi connectivity index (χ0) is 10.8. The highest BCUT2D eigenvalue weighted by Gasteiger charge is 2.38. The Hall–Kier alpha value is -0.710. The molecule has 2 rings (SSSR count). The number of hydrogen-bond acceptors (Lipinski definition) is 3. The van der Waals surface area contributed by atoms with Gasteiger partial charge in [-0.1, -0.05) is 12.8 Å². The normalized spacial score (nSPS) is 28.4. The maximum atomic E-state index is 11.7. The lowest BCUT2D eigenvalue weighted by atomic mass is 10.1. The molecule has 0 radical (unpaired) electrons. The van der Waals surface area contributed by atoms with Crippen molar-refractivity contribution in [3.8, 4) is 0 Å². The summed E-state index contributed by atoms with van der Waals surface area (Å²) in [6.45, 7) is 0. The molecular formula is C10H15NO3S. The first-order valence-electron chi connectivity index (χ1n) is 5.32. The van der Waals surface area contributed by atoms with Crippen molar-refractivity contribution >= 4 is 23.6 Å². The van der Waals surface area contributed by atoms with Gasteiger partial charge in [-0.25, -0.2) is 4.79 Å². The maximum Gasteiger partial charge on any atom is 0.327 e. The van der Waals surface area contributed by atoms with E-state index in [-0.39, 0.29) is 11.9 Å². The van der Waals surface area contributed by atoms with Gasteiger partial charge >= 0.3 is 5.97 Å². The van der Waals surface area contributed by atoms with Crippen LogP contribution >= 0.6 is 11.8 Å². The van der Waals surface area contributed by atoms with E-state index in [2.05, 4.69) is 0 Å². The van der Waals surface area contributed by atoms with Crippen molar-refractivity contribution in [2.45, 2.75) is 37.8 Å². The third-order valence-corrected chi connectivity index (χ3v) is 4.13. The smallest absolute Gasteiger partial charge is 0.327 e. The van der Waals surface area contributed by atoms with E-state index >= 15 is 0 Å². The Morgan fingerprint density at radius 3 is 2.67 bits per heavy atom. The lowest BCUT2D eigenvalue weighted by molar-refractivity contribution is -0.150. The zero-order valence-electron chi connectivity index (χ0n) is 8.52. The molecule has 0 spiro atoms. The van der Waals surface area contributed by atoms with Gasteiger partial charge in [0.05, 0.1) is 5.75 Å². The average Bonchev–Trinajstić information content (AvgIpc) is 2.70. The molecule has 0 aromatic carbocycles. The van der Waals surface area contributed by atoms with Crippen molar-refractivity contribution in [2.75, 3.05) is 11.5 Å². The minimum atomic E-state index is -0.859. The van der Waals surface area contributed by atoms with Gasteiger partial charge in [0.1, 0.15) is 6.04 Å². The van der Waals surface area contributed by atoms with E-state index < -0.39 is 12.0 Å². The SMILES string of the molecule is O=C(O)C1CSCC(=O)N1C1CCCC1. The number of carboxylic acids is 1. The van der Waals surface area contributed by atoms with Gasteiger partial charge in [0.2, 0.25) is 5.91 Å². The van der Waals surface area contributed by atoms with Gasteiger partial charge in [-0.05, 0) is 12.8 Å². The Morgan fingerprint density at radius 1 is 1.40 bits per heavy atom. The summed E-state index contributed by atoms with van der Waals surface area (Å²) < 4.78 is 0. The largest absolute Gasteiger partial charge is 0.480 e. The number of rotatable bonds is 2. The van der Waals surface area contributed by atoms with Crippen molar-refractivity contribution in [1.29, 1.82) is 0 Å². The first-order valence-corrected chi connectivity index (χ1v) is 6.47. The highest BCUT2D eigenvalue weighted by Crippen LogP contribution is 2.29. The predicted molar refractivity (Wildman–Crippen MR) is 57.9 cm³/mol. The third-order valence-electron chi connectivity index (χ3n) is 3.13. The van der Waals surface area contributed by atoms with Crippen molar-refractivity contribution in [2.24, 2.45) is 0 Å². The van der Waals surface area contributed by atoms with Crippen LogP contribution in [0.15, 0.2) is 0 Å². The fourth-order valence-electron chi connectivity index (χ4n) is 2.42. The van der Waals surface area contributed by atoms with Crippen LogP contribution in [0.3, 0.4) is 0 Å². The van der Waals surface area contributed by atoms with Crippen molar-refractivity contribution in [1.82, 2.24) is 4.90 Å². The molecule has 1 saturated carbocycles. The Bertz CT molecular complexity index is 276. The van der Waals surface area contributed by atoms with Gasteiger partial charge in [0, 0.05) is 11.8 Å². The monoisotopic (exact) mass is 229 g/mol. The van der Waals surface area contributed by atoms with Crippen LogP contribution in [0.1, 0.15) is 25.7 Å². The fourth-order valence-corrected chi connectivity index (χ4v) is 3.39. The van der Waals surface area contributed by atoms with Crippen molar-refractivity contribution < 1.29 is 14.7 Å². The Kier molecular flexibility index (Phi) is 3.19. The molecule has 1 heterocycles. The zero-order valence-corrected chi connectivity index (χ0v) is 9.33. The van der Waals surface area contributed by atoms with Crippen LogP contribution < -0.4 is 0 Å². The molecule has 1 atom stereocenters. The number of carboxylic acid groups (broad SMARTS) is 1. The minimum Gasteiger partial charge on any atom is -0.480 e. The second kappa shape index (κ2) is 4.43. The molecule has 0 bridgehead atoms. The number of carbonyl (C=O) groups excluding carboxylic acids is 1. The number of carbonyl (C=O) groups is 2. The molecule has 1 N–H and O–H groups in total. The lowest BCUT2D eigenvalue weighted by Crippen LogP contribution is -2.54. The van der Waals surface area contributed by atoms with E-state index in [0.717, 1.165) is 25.7 Å². The quantitative estimate of drug-likeness (QED) is 0.766. The van der Waals surface area contributed by atoms with Crippen LogP contribution in [0.5, 0.6) is 0 Å². The molecule has 1 amide bonds. The van der Waals surface area contributed by atoms with Gasteiger partial charge in [0.25, 0.3) is 0 Å². The van der Waals surface area contributed by atoms with Crippen LogP contribution in [-0.4, -0.2) is 45.5 Å². The molecule has 84 valence electrons. The van der Waals surface area contributed by atoms with E-state index in [4.69, 9.17) is 5.11 Å². The summed E-state index contributed by atoms with van der Waals surface area (Å²) >= 11 is 1.43. The van der Waals surface area contributed by atoms with Crippen LogP contribution in [0.25, 0.3) is 0 Å². The first-order chi connectivity index (χ1) is 7.20. The van der Waals surface area contributed by atoms with Crippen LogP contribution in [-0.2, 0) is 9.59 Å². The van der Waals surface area contributed by atoms with Crippen LogP contribution in [0.4, 0.5) is 0 Å². The van der Waals surface area contributed by atoms with E-state index in [0.29, 0.717) is 11.5 Å². The molecule has 0 aromatic heterocycles. The molecule has 2 aliphatic rings. The van der Waals surface area contributed by atoms with Crippen LogP contribution in [0, 0.1) is 0 Å². The summed E-state index contributed by atoms with van der Waals surface area (Å²) in [6, 6.07) is -0.418. The number of nitrogens with zero attached hydrogens (tertiary/aromatic N) is 1. The fraction of sp³-hybridized carbons (Fsp3) is 0.800. The Balaban J connectivity index is 2.14. The average molecular weight is 229 g/mol. The molecule has 1 saturated heterocycles. The molecule has 2 fully saturated rings. The molecule has 1 aliphatic heterocycles. The summed E-state index contributed by atoms with van der Waals surface area (Å²) in [5.74, 6) is 0.130. The summed E-state index contributed by atoms with van der Waals surface area (Å²) in [7, 11) is 0. The summed E-state index contributed by atoms with van der Waals surface area (Å²) in [5, 5.41) is 9.08. The van der Waals surface area contributed by atoms with E-state index in [1.165, 1.54) is 11.8 Å². The van der Waals surface area contributed by atoms with Gasteiger partial charge in [-0.3, -0.25) is 4.79 Å². The van der Waals surface area contributed by atoms with Gasteiger partial charge in [-0.15, -0.1) is 11.8 Å². The second-order valence-corrected chi connectivity index (χ2v) is 5.14. The maximum absolute atomic E-state index is 11.7. The van der Waals surface area contributed by atoms with Crippen LogP contribution in [0.2, 0.25) is 0 Å². The van der Waals surface area contributed by atoms with E-state index in [9.17, 15) is 9.59 Å². The molecule has 5 heteroatoms. The van der Waals surface area contributed by atoms with Gasteiger partial charge in [0.15, 0.2) is 0 Å². The number of thioether (sulfide) groups is 1. The van der Waals surface area contributed by atoms with E-state index in [1.807, 2.05) is 0 Å². The topological polar surface area (TPSA) is 57.6 Å². The van der Waals surface area contributed by atoms with Gasteiger partial charge < -0.3 is 10.0 Å². The molecule has 15 heavy (non-hydrogen) atoms. The summed E-state index contributed by atoms with van der Waals surface area (Å²) in [5.41, 5.74) is 0. The molecule has 4 nitrogen and oxygen atoms in total. The number of hydrogen-bond donors (Lipinski definition) is 1. The van der Waals surface area contributed by atoms with Crippen molar-refractivity contribution in [3.63, 3.8) is 0 Å². The standard InChI is InChI=1S/C10H15NO3S/c12-9-6-15-5-8(10(13)14)11(9)7-3-1-2-4-7/h7-8H,1-6H2,(H,13,14). The highest BCUT2D eigenvalue weighted by atomic mass is 32.2. The predicted octanol–water partition coefficient (Wildman–Crippen LogP) is 0.958. The van der Waals surface area contributed by atoms with Gasteiger partial charge in [-0.2, -0.15) is 0 Å². The summed E-state index contributed by atoms with van der Waals surface area (Å²) in [4.78, 5) is 24.4. The molecule has 1 unspecified atom stereocenters. The Labute approximate surface area is 93.0 Å².